The van der Waals surface area contributed by atoms with E-state index in [-0.39, 0.29) is 5.69 Å². The first-order chi connectivity index (χ1) is 7.15. The van der Waals surface area contributed by atoms with Crippen molar-refractivity contribution in [3.8, 4) is 0 Å². The first kappa shape index (κ1) is 11.5. The average Bonchev–Trinajstić information content (AvgIpc) is 2.18. The molecule has 1 aromatic rings. The molecule has 0 aliphatic rings. The molecule has 0 atom stereocenters. The van der Waals surface area contributed by atoms with Crippen molar-refractivity contribution in [3.05, 3.63) is 33.9 Å². The summed E-state index contributed by atoms with van der Waals surface area (Å²) >= 11 is 0. The molecule has 1 N–H and O–H groups in total. The summed E-state index contributed by atoms with van der Waals surface area (Å²) in [6, 6.07) is 4.98. The van der Waals surface area contributed by atoms with E-state index in [2.05, 4.69) is 5.32 Å². The van der Waals surface area contributed by atoms with Crippen LogP contribution in [0.3, 0.4) is 0 Å². The first-order valence-electron chi connectivity index (χ1n) is 4.63. The molecule has 0 fully saturated rings. The monoisotopic (exact) mass is 210 g/mol. The molecule has 0 amide bonds. The number of hydrogen-bond acceptors (Lipinski definition) is 4. The first-order valence-corrected chi connectivity index (χ1v) is 4.63. The number of benzene rings is 1. The molecule has 0 bridgehead atoms. The fraction of sp³-hybridized carbons (Fsp3) is 0.400. The van der Waals surface area contributed by atoms with Gasteiger partial charge in [-0.15, -0.1) is 0 Å². The molecule has 15 heavy (non-hydrogen) atoms. The van der Waals surface area contributed by atoms with Crippen LogP contribution >= 0.6 is 0 Å². The van der Waals surface area contributed by atoms with Crippen LogP contribution in [-0.2, 0) is 4.74 Å². The Kier molecular flexibility index (Phi) is 4.05. The van der Waals surface area contributed by atoms with Gasteiger partial charge in [0.15, 0.2) is 0 Å². The maximum absolute atomic E-state index is 10.7. The van der Waals surface area contributed by atoms with Crippen molar-refractivity contribution in [2.45, 2.75) is 6.92 Å². The number of nitro benzene ring substituents is 1. The minimum Gasteiger partial charge on any atom is -0.383 e. The van der Waals surface area contributed by atoms with Gasteiger partial charge in [-0.1, -0.05) is 6.07 Å². The summed E-state index contributed by atoms with van der Waals surface area (Å²) in [5.74, 6) is 0. The third kappa shape index (κ3) is 3.21. The third-order valence-electron chi connectivity index (χ3n) is 1.97. The van der Waals surface area contributed by atoms with Crippen LogP contribution in [-0.4, -0.2) is 25.2 Å². The second-order valence-corrected chi connectivity index (χ2v) is 3.20. The molecule has 5 heteroatoms. The summed E-state index contributed by atoms with van der Waals surface area (Å²) in [6.07, 6.45) is 0. The number of anilines is 1. The smallest absolute Gasteiger partial charge is 0.292 e. The van der Waals surface area contributed by atoms with Gasteiger partial charge < -0.3 is 10.1 Å². The lowest BCUT2D eigenvalue weighted by molar-refractivity contribution is -0.384. The molecule has 0 saturated carbocycles. The predicted molar refractivity (Wildman–Crippen MR) is 58.2 cm³/mol. The molecule has 0 spiro atoms. The van der Waals surface area contributed by atoms with Crippen LogP contribution in [0.4, 0.5) is 11.4 Å². The molecule has 0 saturated heterocycles. The highest BCUT2D eigenvalue weighted by Gasteiger charge is 2.12. The van der Waals surface area contributed by atoms with E-state index in [0.717, 1.165) is 5.56 Å². The Hall–Kier alpha value is -1.62. The SMILES string of the molecule is COCCNc1cc(C)ccc1[N+](=O)[O-]. The maximum atomic E-state index is 10.7. The van der Waals surface area contributed by atoms with Gasteiger partial charge in [0.25, 0.3) is 5.69 Å². The topological polar surface area (TPSA) is 64.4 Å². The van der Waals surface area contributed by atoms with Crippen LogP contribution < -0.4 is 5.32 Å². The lowest BCUT2D eigenvalue weighted by Gasteiger charge is -2.06. The van der Waals surface area contributed by atoms with Gasteiger partial charge in [-0.25, -0.2) is 0 Å². The van der Waals surface area contributed by atoms with Crippen molar-refractivity contribution in [2.75, 3.05) is 25.6 Å². The van der Waals surface area contributed by atoms with Gasteiger partial charge in [-0.3, -0.25) is 10.1 Å². The van der Waals surface area contributed by atoms with E-state index in [1.165, 1.54) is 6.07 Å². The molecule has 0 aliphatic carbocycles. The minimum atomic E-state index is -0.394. The molecule has 0 aliphatic heterocycles. The molecular formula is C10H14N2O3. The Balaban J connectivity index is 2.82. The summed E-state index contributed by atoms with van der Waals surface area (Å²) in [5.41, 5.74) is 1.62. The Morgan fingerprint density at radius 2 is 2.27 bits per heavy atom. The van der Waals surface area contributed by atoms with E-state index < -0.39 is 4.92 Å². The van der Waals surface area contributed by atoms with Gasteiger partial charge in [0.2, 0.25) is 0 Å². The quantitative estimate of drug-likeness (QED) is 0.458. The molecule has 0 unspecified atom stereocenters. The molecule has 0 radical (unpaired) electrons. The molecule has 82 valence electrons. The van der Waals surface area contributed by atoms with E-state index in [4.69, 9.17) is 4.74 Å². The van der Waals surface area contributed by atoms with Gasteiger partial charge in [-0.05, 0) is 18.6 Å². The maximum Gasteiger partial charge on any atom is 0.292 e. The Morgan fingerprint density at radius 1 is 1.53 bits per heavy atom. The lowest BCUT2D eigenvalue weighted by atomic mass is 10.2. The summed E-state index contributed by atoms with van der Waals surface area (Å²) in [7, 11) is 1.59. The molecule has 0 aromatic heterocycles. The van der Waals surface area contributed by atoms with E-state index in [1.807, 2.05) is 6.92 Å². The highest BCUT2D eigenvalue weighted by Crippen LogP contribution is 2.24. The zero-order valence-electron chi connectivity index (χ0n) is 8.82. The molecule has 0 heterocycles. The zero-order chi connectivity index (χ0) is 11.3. The number of ether oxygens (including phenoxy) is 1. The second-order valence-electron chi connectivity index (χ2n) is 3.20. The summed E-state index contributed by atoms with van der Waals surface area (Å²) < 4.78 is 4.86. The van der Waals surface area contributed by atoms with E-state index in [9.17, 15) is 10.1 Å². The number of hydrogen-bond donors (Lipinski definition) is 1. The van der Waals surface area contributed by atoms with Crippen molar-refractivity contribution < 1.29 is 9.66 Å². The van der Waals surface area contributed by atoms with Crippen molar-refractivity contribution in [3.63, 3.8) is 0 Å². The second kappa shape index (κ2) is 5.31. The van der Waals surface area contributed by atoms with E-state index in [1.54, 1.807) is 19.2 Å². The third-order valence-corrected chi connectivity index (χ3v) is 1.97. The highest BCUT2D eigenvalue weighted by molar-refractivity contribution is 5.62. The van der Waals surface area contributed by atoms with Crippen LogP contribution in [0.2, 0.25) is 0 Å². The Bertz CT molecular complexity index is 353. The Morgan fingerprint density at radius 3 is 2.87 bits per heavy atom. The molecule has 1 rings (SSSR count). The molecule has 1 aromatic carbocycles. The minimum absolute atomic E-state index is 0.0942. The van der Waals surface area contributed by atoms with Crippen LogP contribution in [0.5, 0.6) is 0 Å². The van der Waals surface area contributed by atoms with Crippen LogP contribution in [0, 0.1) is 17.0 Å². The van der Waals surface area contributed by atoms with Crippen molar-refractivity contribution in [2.24, 2.45) is 0 Å². The number of rotatable bonds is 5. The van der Waals surface area contributed by atoms with Gasteiger partial charge >= 0.3 is 0 Å². The molecular weight excluding hydrogens is 196 g/mol. The van der Waals surface area contributed by atoms with Gasteiger partial charge in [-0.2, -0.15) is 0 Å². The summed E-state index contributed by atoms with van der Waals surface area (Å²) in [5, 5.41) is 13.7. The summed E-state index contributed by atoms with van der Waals surface area (Å²) in [4.78, 5) is 10.3. The largest absolute Gasteiger partial charge is 0.383 e. The van der Waals surface area contributed by atoms with Gasteiger partial charge in [0.05, 0.1) is 11.5 Å². The number of nitro groups is 1. The number of nitrogens with one attached hydrogen (secondary N) is 1. The standard InChI is InChI=1S/C10H14N2O3/c1-8-3-4-10(12(13)14)9(7-8)11-5-6-15-2/h3-4,7,11H,5-6H2,1-2H3. The lowest BCUT2D eigenvalue weighted by Crippen LogP contribution is -2.09. The zero-order valence-corrected chi connectivity index (χ0v) is 8.82. The Labute approximate surface area is 88.2 Å². The fourth-order valence-corrected chi connectivity index (χ4v) is 1.24. The van der Waals surface area contributed by atoms with E-state index in [0.29, 0.717) is 18.8 Å². The van der Waals surface area contributed by atoms with Crippen LogP contribution in [0.25, 0.3) is 0 Å². The summed E-state index contributed by atoms with van der Waals surface area (Å²) in [6.45, 7) is 2.97. The van der Waals surface area contributed by atoms with Crippen molar-refractivity contribution in [1.29, 1.82) is 0 Å². The number of methoxy groups -OCH3 is 1. The molecule has 5 nitrogen and oxygen atoms in total. The van der Waals surface area contributed by atoms with Gasteiger partial charge in [0.1, 0.15) is 5.69 Å². The highest BCUT2D eigenvalue weighted by atomic mass is 16.6. The fourth-order valence-electron chi connectivity index (χ4n) is 1.24. The van der Waals surface area contributed by atoms with Crippen LogP contribution in [0.15, 0.2) is 18.2 Å². The normalized spacial score (nSPS) is 10.0. The van der Waals surface area contributed by atoms with Crippen molar-refractivity contribution >= 4 is 11.4 Å². The average molecular weight is 210 g/mol. The number of nitrogens with zero attached hydrogens (tertiary/aromatic N) is 1. The predicted octanol–water partition coefficient (Wildman–Crippen LogP) is 1.96. The van der Waals surface area contributed by atoms with E-state index >= 15 is 0 Å². The van der Waals surface area contributed by atoms with Crippen molar-refractivity contribution in [1.82, 2.24) is 0 Å². The van der Waals surface area contributed by atoms with Crippen LogP contribution in [0.1, 0.15) is 5.56 Å². The van der Waals surface area contributed by atoms with Gasteiger partial charge in [0, 0.05) is 19.7 Å². The number of aryl methyl sites for hydroxylation is 1.